The maximum Gasteiger partial charge on any atom is 0.0895 e. The lowest BCUT2D eigenvalue weighted by molar-refractivity contribution is 0.113. The summed E-state index contributed by atoms with van der Waals surface area (Å²) in [5.41, 5.74) is 1.26. The van der Waals surface area contributed by atoms with E-state index in [-0.39, 0.29) is 0 Å². The highest BCUT2D eigenvalue weighted by molar-refractivity contribution is 14.1. The zero-order valence-corrected chi connectivity index (χ0v) is 11.9. The van der Waals surface area contributed by atoms with Gasteiger partial charge in [0.2, 0.25) is 0 Å². The van der Waals surface area contributed by atoms with Crippen LogP contribution in [0, 0.1) is 3.57 Å². The van der Waals surface area contributed by atoms with Gasteiger partial charge in [-0.2, -0.15) is 5.10 Å². The first-order valence-electron chi connectivity index (χ1n) is 6.12. The van der Waals surface area contributed by atoms with E-state index in [9.17, 15) is 0 Å². The molecule has 0 aromatic carbocycles. The Balaban J connectivity index is 2.05. The molecular formula is C12H19IN2O. The SMILES string of the molecule is CCCOCc1c(I)cnn1C1CCCC1. The third-order valence-corrected chi connectivity index (χ3v) is 4.01. The van der Waals surface area contributed by atoms with Crippen molar-refractivity contribution in [3.05, 3.63) is 15.5 Å². The molecule has 1 saturated carbocycles. The average Bonchev–Trinajstić information content (AvgIpc) is 2.89. The van der Waals surface area contributed by atoms with E-state index in [0.717, 1.165) is 13.0 Å². The molecule has 0 radical (unpaired) electrons. The largest absolute Gasteiger partial charge is 0.375 e. The monoisotopic (exact) mass is 334 g/mol. The molecule has 0 spiro atoms. The Hall–Kier alpha value is -0.100. The quantitative estimate of drug-likeness (QED) is 0.608. The topological polar surface area (TPSA) is 27.1 Å². The highest BCUT2D eigenvalue weighted by Crippen LogP contribution is 2.31. The van der Waals surface area contributed by atoms with Crippen LogP contribution in [-0.4, -0.2) is 16.4 Å². The lowest BCUT2D eigenvalue weighted by Gasteiger charge is -2.14. The summed E-state index contributed by atoms with van der Waals surface area (Å²) in [7, 11) is 0. The maximum atomic E-state index is 5.64. The molecule has 1 aromatic rings. The lowest BCUT2D eigenvalue weighted by atomic mass is 10.2. The maximum absolute atomic E-state index is 5.64. The van der Waals surface area contributed by atoms with Crippen LogP contribution in [0.2, 0.25) is 0 Å². The molecule has 0 unspecified atom stereocenters. The summed E-state index contributed by atoms with van der Waals surface area (Å²) >= 11 is 2.36. The van der Waals surface area contributed by atoms with Gasteiger partial charge in [-0.1, -0.05) is 19.8 Å². The van der Waals surface area contributed by atoms with E-state index in [1.54, 1.807) is 0 Å². The van der Waals surface area contributed by atoms with Crippen LogP contribution >= 0.6 is 22.6 Å². The minimum Gasteiger partial charge on any atom is -0.375 e. The molecule has 3 nitrogen and oxygen atoms in total. The van der Waals surface area contributed by atoms with Gasteiger partial charge in [0, 0.05) is 6.61 Å². The Morgan fingerprint density at radius 1 is 1.50 bits per heavy atom. The van der Waals surface area contributed by atoms with Gasteiger partial charge in [-0.3, -0.25) is 4.68 Å². The van der Waals surface area contributed by atoms with Crippen molar-refractivity contribution in [2.24, 2.45) is 0 Å². The van der Waals surface area contributed by atoms with Gasteiger partial charge in [0.05, 0.1) is 28.1 Å². The fourth-order valence-electron chi connectivity index (χ4n) is 2.28. The standard InChI is InChI=1S/C12H19IN2O/c1-2-7-16-9-12-11(13)8-14-15(12)10-5-3-4-6-10/h8,10H,2-7,9H2,1H3. The Morgan fingerprint density at radius 3 is 2.94 bits per heavy atom. The van der Waals surface area contributed by atoms with Crippen LogP contribution < -0.4 is 0 Å². The molecule has 0 bridgehead atoms. The van der Waals surface area contributed by atoms with Crippen molar-refractivity contribution in [3.8, 4) is 0 Å². The first-order valence-corrected chi connectivity index (χ1v) is 7.20. The van der Waals surface area contributed by atoms with Crippen molar-refractivity contribution in [1.29, 1.82) is 0 Å². The van der Waals surface area contributed by atoms with E-state index >= 15 is 0 Å². The van der Waals surface area contributed by atoms with Gasteiger partial charge in [-0.15, -0.1) is 0 Å². The van der Waals surface area contributed by atoms with E-state index in [1.165, 1.54) is 34.9 Å². The number of ether oxygens (including phenoxy) is 1. The summed E-state index contributed by atoms with van der Waals surface area (Å²) in [6, 6.07) is 0.615. The van der Waals surface area contributed by atoms with Crippen molar-refractivity contribution in [2.75, 3.05) is 6.61 Å². The molecule has 1 aliphatic carbocycles. The summed E-state index contributed by atoms with van der Waals surface area (Å²) in [6.45, 7) is 3.69. The minimum atomic E-state index is 0.615. The number of aromatic nitrogens is 2. The summed E-state index contributed by atoms with van der Waals surface area (Å²) in [5.74, 6) is 0. The van der Waals surface area contributed by atoms with Gasteiger partial charge in [0.1, 0.15) is 0 Å². The van der Waals surface area contributed by atoms with Crippen molar-refractivity contribution >= 4 is 22.6 Å². The van der Waals surface area contributed by atoms with E-state index in [0.29, 0.717) is 12.6 Å². The fraction of sp³-hybridized carbons (Fsp3) is 0.750. The highest BCUT2D eigenvalue weighted by atomic mass is 127. The van der Waals surface area contributed by atoms with Crippen LogP contribution in [0.5, 0.6) is 0 Å². The average molecular weight is 334 g/mol. The van der Waals surface area contributed by atoms with Gasteiger partial charge in [-0.25, -0.2) is 0 Å². The second-order valence-electron chi connectivity index (χ2n) is 4.37. The van der Waals surface area contributed by atoms with Crippen molar-refractivity contribution in [2.45, 2.75) is 51.7 Å². The van der Waals surface area contributed by atoms with E-state index < -0.39 is 0 Å². The van der Waals surface area contributed by atoms with Crippen molar-refractivity contribution in [1.82, 2.24) is 9.78 Å². The van der Waals surface area contributed by atoms with Gasteiger partial charge in [0.15, 0.2) is 0 Å². The van der Waals surface area contributed by atoms with Gasteiger partial charge in [-0.05, 0) is 41.9 Å². The first-order chi connectivity index (χ1) is 7.83. The van der Waals surface area contributed by atoms with Crippen molar-refractivity contribution < 1.29 is 4.74 Å². The number of hydrogen-bond donors (Lipinski definition) is 0. The van der Waals surface area contributed by atoms with E-state index in [2.05, 4.69) is 39.3 Å². The molecule has 1 fully saturated rings. The number of halogens is 1. The predicted molar refractivity (Wildman–Crippen MR) is 72.4 cm³/mol. The lowest BCUT2D eigenvalue weighted by Crippen LogP contribution is -2.12. The molecule has 2 rings (SSSR count). The second-order valence-corrected chi connectivity index (χ2v) is 5.54. The van der Waals surface area contributed by atoms with Gasteiger partial charge >= 0.3 is 0 Å². The smallest absolute Gasteiger partial charge is 0.0895 e. The molecule has 0 N–H and O–H groups in total. The Kier molecular flexibility index (Phi) is 4.64. The summed E-state index contributed by atoms with van der Waals surface area (Å²) in [6.07, 6.45) is 8.28. The van der Waals surface area contributed by atoms with Crippen molar-refractivity contribution in [3.63, 3.8) is 0 Å². The molecule has 0 amide bonds. The second kappa shape index (κ2) is 6.00. The first kappa shape index (κ1) is 12.4. The summed E-state index contributed by atoms with van der Waals surface area (Å²) < 4.78 is 9.08. The van der Waals surface area contributed by atoms with Crippen LogP contribution in [0.4, 0.5) is 0 Å². The number of nitrogens with zero attached hydrogens (tertiary/aromatic N) is 2. The number of rotatable bonds is 5. The predicted octanol–water partition coefficient (Wildman–Crippen LogP) is 3.53. The normalized spacial score (nSPS) is 17.1. The fourth-order valence-corrected chi connectivity index (χ4v) is 2.81. The van der Waals surface area contributed by atoms with Crippen LogP contribution in [0.1, 0.15) is 50.8 Å². The summed E-state index contributed by atoms with van der Waals surface area (Å²) in [4.78, 5) is 0. The van der Waals surface area contributed by atoms with Crippen LogP contribution in [0.3, 0.4) is 0 Å². The van der Waals surface area contributed by atoms with Crippen LogP contribution in [0.25, 0.3) is 0 Å². The molecule has 1 aliphatic rings. The molecule has 0 aliphatic heterocycles. The molecule has 1 aromatic heterocycles. The molecular weight excluding hydrogens is 315 g/mol. The van der Waals surface area contributed by atoms with Crippen LogP contribution in [0.15, 0.2) is 6.20 Å². The third-order valence-electron chi connectivity index (χ3n) is 3.11. The zero-order valence-electron chi connectivity index (χ0n) is 9.79. The molecule has 16 heavy (non-hydrogen) atoms. The van der Waals surface area contributed by atoms with E-state index in [4.69, 9.17) is 4.74 Å². The van der Waals surface area contributed by atoms with Gasteiger partial charge in [0.25, 0.3) is 0 Å². The Morgan fingerprint density at radius 2 is 2.25 bits per heavy atom. The Labute approximate surface area is 111 Å². The van der Waals surface area contributed by atoms with E-state index in [1.807, 2.05) is 6.20 Å². The van der Waals surface area contributed by atoms with Gasteiger partial charge < -0.3 is 4.74 Å². The third kappa shape index (κ3) is 2.77. The van der Waals surface area contributed by atoms with Crippen LogP contribution in [-0.2, 0) is 11.3 Å². The molecule has 0 atom stereocenters. The molecule has 1 heterocycles. The minimum absolute atomic E-state index is 0.615. The highest BCUT2D eigenvalue weighted by Gasteiger charge is 2.21. The zero-order chi connectivity index (χ0) is 11.4. The summed E-state index contributed by atoms with van der Waals surface area (Å²) in [5, 5.41) is 4.51. The Bertz CT molecular complexity index is 332. The molecule has 4 heteroatoms. The molecule has 90 valence electrons. The molecule has 0 saturated heterocycles. The number of hydrogen-bond acceptors (Lipinski definition) is 2.